The van der Waals surface area contributed by atoms with Crippen LogP contribution in [0.3, 0.4) is 0 Å². The van der Waals surface area contributed by atoms with Crippen molar-refractivity contribution in [2.45, 2.75) is 26.1 Å². The quantitative estimate of drug-likeness (QED) is 0.733. The Morgan fingerprint density at radius 3 is 2.61 bits per heavy atom. The Labute approximate surface area is 135 Å². The summed E-state index contributed by atoms with van der Waals surface area (Å²) >= 11 is 0. The summed E-state index contributed by atoms with van der Waals surface area (Å²) in [5.74, 6) is -0.181. The molecule has 0 aliphatic heterocycles. The van der Waals surface area contributed by atoms with Gasteiger partial charge >= 0.3 is 0 Å². The van der Waals surface area contributed by atoms with Crippen LogP contribution in [0.2, 0.25) is 0 Å². The Kier molecular flexibility index (Phi) is 4.74. The van der Waals surface area contributed by atoms with Gasteiger partial charge in [-0.05, 0) is 24.6 Å². The third kappa shape index (κ3) is 3.60. The summed E-state index contributed by atoms with van der Waals surface area (Å²) < 4.78 is 16.0. The van der Waals surface area contributed by atoms with Crippen LogP contribution in [0.25, 0.3) is 10.9 Å². The van der Waals surface area contributed by atoms with Crippen LogP contribution in [-0.2, 0) is 13.1 Å². The average molecular weight is 312 g/mol. The first-order valence-electron chi connectivity index (χ1n) is 7.84. The second kappa shape index (κ2) is 6.94. The van der Waals surface area contributed by atoms with Crippen LogP contribution in [0.15, 0.2) is 54.7 Å². The summed E-state index contributed by atoms with van der Waals surface area (Å²) in [7, 11) is 0. The van der Waals surface area contributed by atoms with Gasteiger partial charge in [0.25, 0.3) is 0 Å². The van der Waals surface area contributed by atoms with Gasteiger partial charge in [0.1, 0.15) is 5.82 Å². The number of hydrogen-bond acceptors (Lipinski definition) is 2. The van der Waals surface area contributed by atoms with E-state index in [9.17, 15) is 9.50 Å². The van der Waals surface area contributed by atoms with Gasteiger partial charge in [-0.15, -0.1) is 0 Å². The van der Waals surface area contributed by atoms with Gasteiger partial charge in [0.05, 0.1) is 12.6 Å². The average Bonchev–Trinajstić information content (AvgIpc) is 2.88. The van der Waals surface area contributed by atoms with Crippen LogP contribution in [0.1, 0.15) is 18.1 Å². The molecule has 1 heterocycles. The maximum absolute atomic E-state index is 13.9. The van der Waals surface area contributed by atoms with Crippen LogP contribution < -0.4 is 5.32 Å². The van der Waals surface area contributed by atoms with Gasteiger partial charge in [-0.25, -0.2) is 4.39 Å². The molecule has 0 fully saturated rings. The van der Waals surface area contributed by atoms with Crippen LogP contribution >= 0.6 is 0 Å². The number of halogens is 1. The normalized spacial score (nSPS) is 12.7. The number of rotatable bonds is 6. The summed E-state index contributed by atoms with van der Waals surface area (Å²) in [6, 6.07) is 15.0. The fraction of sp³-hybridized carbons (Fsp3) is 0.263. The number of aliphatic hydroxyl groups is 1. The van der Waals surface area contributed by atoms with Crippen molar-refractivity contribution in [3.8, 4) is 0 Å². The fourth-order valence-corrected chi connectivity index (χ4v) is 2.82. The third-order valence-electron chi connectivity index (χ3n) is 3.92. The predicted molar refractivity (Wildman–Crippen MR) is 90.8 cm³/mol. The molecule has 0 saturated heterocycles. The lowest BCUT2D eigenvalue weighted by atomic mass is 10.2. The number of benzene rings is 2. The van der Waals surface area contributed by atoms with Crippen LogP contribution in [0, 0.1) is 5.82 Å². The van der Waals surface area contributed by atoms with E-state index in [2.05, 4.69) is 22.1 Å². The highest BCUT2D eigenvalue weighted by Gasteiger charge is 2.10. The number of para-hydroxylation sites is 1. The molecule has 1 atom stereocenters. The zero-order valence-corrected chi connectivity index (χ0v) is 13.2. The van der Waals surface area contributed by atoms with Crippen molar-refractivity contribution in [2.24, 2.45) is 0 Å². The molecule has 120 valence electrons. The van der Waals surface area contributed by atoms with E-state index < -0.39 is 0 Å². The molecule has 23 heavy (non-hydrogen) atoms. The molecular formula is C19H21FN2O. The highest BCUT2D eigenvalue weighted by Crippen LogP contribution is 2.23. The number of nitrogens with zero attached hydrogens (tertiary/aromatic N) is 1. The van der Waals surface area contributed by atoms with E-state index in [4.69, 9.17) is 0 Å². The number of aromatic nitrogens is 1. The third-order valence-corrected chi connectivity index (χ3v) is 3.92. The predicted octanol–water partition coefficient (Wildman–Crippen LogP) is 3.30. The smallest absolute Gasteiger partial charge is 0.128 e. The monoisotopic (exact) mass is 312 g/mol. The van der Waals surface area contributed by atoms with Crippen LogP contribution in [0.5, 0.6) is 0 Å². The molecule has 3 rings (SSSR count). The van der Waals surface area contributed by atoms with E-state index in [0.717, 1.165) is 16.5 Å². The first-order chi connectivity index (χ1) is 11.1. The summed E-state index contributed by atoms with van der Waals surface area (Å²) in [5, 5.41) is 13.8. The number of hydrogen-bond donors (Lipinski definition) is 2. The SMILES string of the molecule is C[C@@H](O)CNCc1cn(Cc2ccccc2F)c2ccccc12. The standard InChI is InChI=1S/C19H21FN2O/c1-14(23)10-21-11-16-13-22(19-9-5-3-7-17(16)19)12-15-6-2-4-8-18(15)20/h2-9,13-14,21,23H,10-12H2,1H3/t14-/m1/s1. The van der Waals surface area contributed by atoms with Gasteiger partial charge < -0.3 is 15.0 Å². The molecule has 0 bridgehead atoms. The summed E-state index contributed by atoms with van der Waals surface area (Å²) in [6.07, 6.45) is 1.69. The first-order valence-corrected chi connectivity index (χ1v) is 7.84. The Hall–Kier alpha value is -2.17. The van der Waals surface area contributed by atoms with Gasteiger partial charge in [-0.1, -0.05) is 36.4 Å². The van der Waals surface area contributed by atoms with Gasteiger partial charge in [-0.2, -0.15) is 0 Å². The molecule has 0 saturated carbocycles. The maximum atomic E-state index is 13.9. The van der Waals surface area contributed by atoms with E-state index in [1.807, 2.05) is 30.3 Å². The largest absolute Gasteiger partial charge is 0.392 e. The zero-order valence-electron chi connectivity index (χ0n) is 13.2. The Morgan fingerprint density at radius 1 is 1.09 bits per heavy atom. The zero-order chi connectivity index (χ0) is 16.2. The molecule has 4 heteroatoms. The maximum Gasteiger partial charge on any atom is 0.128 e. The molecule has 2 aromatic carbocycles. The van der Waals surface area contributed by atoms with Crippen molar-refractivity contribution in [1.82, 2.24) is 9.88 Å². The summed E-state index contributed by atoms with van der Waals surface area (Å²) in [6.45, 7) is 3.49. The molecule has 0 aliphatic carbocycles. The molecule has 0 radical (unpaired) electrons. The van der Waals surface area contributed by atoms with Crippen molar-refractivity contribution in [3.05, 3.63) is 71.7 Å². The van der Waals surface area contributed by atoms with E-state index in [1.165, 1.54) is 6.07 Å². The van der Waals surface area contributed by atoms with Crippen LogP contribution in [-0.4, -0.2) is 22.3 Å². The Balaban J connectivity index is 1.90. The van der Waals surface area contributed by atoms with E-state index in [0.29, 0.717) is 25.2 Å². The number of fused-ring (bicyclic) bond motifs is 1. The second-order valence-corrected chi connectivity index (χ2v) is 5.87. The molecule has 2 N–H and O–H groups in total. The lowest BCUT2D eigenvalue weighted by Crippen LogP contribution is -2.23. The molecule has 1 aromatic heterocycles. The summed E-state index contributed by atoms with van der Waals surface area (Å²) in [5.41, 5.74) is 2.92. The molecule has 0 amide bonds. The highest BCUT2D eigenvalue weighted by atomic mass is 19.1. The molecule has 0 aliphatic rings. The Bertz CT molecular complexity index is 795. The second-order valence-electron chi connectivity index (χ2n) is 5.87. The van der Waals surface area contributed by atoms with Gasteiger partial charge in [0.15, 0.2) is 0 Å². The van der Waals surface area contributed by atoms with Crippen molar-refractivity contribution >= 4 is 10.9 Å². The van der Waals surface area contributed by atoms with Gasteiger partial charge in [-0.3, -0.25) is 0 Å². The minimum atomic E-state index is -0.373. The first kappa shape index (κ1) is 15.7. The lowest BCUT2D eigenvalue weighted by molar-refractivity contribution is 0.191. The number of nitrogens with one attached hydrogen (secondary N) is 1. The Morgan fingerprint density at radius 2 is 1.83 bits per heavy atom. The molecular weight excluding hydrogens is 291 g/mol. The van der Waals surface area contributed by atoms with Crippen molar-refractivity contribution < 1.29 is 9.50 Å². The van der Waals surface area contributed by atoms with E-state index in [-0.39, 0.29) is 11.9 Å². The van der Waals surface area contributed by atoms with Crippen molar-refractivity contribution in [1.29, 1.82) is 0 Å². The minimum absolute atomic E-state index is 0.181. The van der Waals surface area contributed by atoms with Gasteiger partial charge in [0, 0.05) is 35.8 Å². The molecule has 0 unspecified atom stereocenters. The molecule has 3 aromatic rings. The van der Waals surface area contributed by atoms with Crippen molar-refractivity contribution in [2.75, 3.05) is 6.54 Å². The van der Waals surface area contributed by atoms with E-state index >= 15 is 0 Å². The lowest BCUT2D eigenvalue weighted by Gasteiger charge is -2.06. The topological polar surface area (TPSA) is 37.2 Å². The van der Waals surface area contributed by atoms with Crippen molar-refractivity contribution in [3.63, 3.8) is 0 Å². The minimum Gasteiger partial charge on any atom is -0.392 e. The van der Waals surface area contributed by atoms with E-state index in [1.54, 1.807) is 13.0 Å². The summed E-state index contributed by atoms with van der Waals surface area (Å²) in [4.78, 5) is 0. The van der Waals surface area contributed by atoms with Crippen LogP contribution in [0.4, 0.5) is 4.39 Å². The molecule has 3 nitrogen and oxygen atoms in total. The number of aliphatic hydroxyl groups excluding tert-OH is 1. The molecule has 0 spiro atoms. The van der Waals surface area contributed by atoms with Gasteiger partial charge in [0.2, 0.25) is 0 Å². The fourth-order valence-electron chi connectivity index (χ4n) is 2.82. The highest BCUT2D eigenvalue weighted by molar-refractivity contribution is 5.84.